The van der Waals surface area contributed by atoms with E-state index in [0.717, 1.165) is 18.4 Å². The van der Waals surface area contributed by atoms with Crippen LogP contribution in [0, 0.1) is 0 Å². The number of pyridine rings is 1. The van der Waals surface area contributed by atoms with E-state index in [4.69, 9.17) is 4.74 Å². The molecule has 4 heterocycles. The quantitative estimate of drug-likeness (QED) is 0.506. The van der Waals surface area contributed by atoms with Gasteiger partial charge in [0.05, 0.1) is 36.5 Å². The highest BCUT2D eigenvalue weighted by molar-refractivity contribution is 6.21. The number of nitrogens with zero attached hydrogens (tertiary/aromatic N) is 4. The van der Waals surface area contributed by atoms with Crippen LogP contribution in [0.3, 0.4) is 0 Å². The standard InChI is InChI=1S/C27H27FN4O4/c1-26(2,3)36-25(35)31-14-27(28,15-31)21-10-17(16-8-9-16)11-30-12-18(29-22(21)30)13-32-23(33)19-6-4-5-7-20(19)24(32)34/h4-7,10-12,16H,8-9,13-15H2,1-3H3. The van der Waals surface area contributed by atoms with Gasteiger partial charge < -0.3 is 14.0 Å². The molecule has 1 saturated heterocycles. The number of imidazole rings is 1. The van der Waals surface area contributed by atoms with Crippen LogP contribution in [0.25, 0.3) is 5.65 Å². The summed E-state index contributed by atoms with van der Waals surface area (Å²) in [4.78, 5) is 45.2. The number of rotatable bonds is 4. The van der Waals surface area contributed by atoms with Crippen LogP contribution >= 0.6 is 0 Å². The van der Waals surface area contributed by atoms with Crippen molar-refractivity contribution in [1.29, 1.82) is 0 Å². The first-order valence-corrected chi connectivity index (χ1v) is 12.2. The number of aromatic nitrogens is 2. The van der Waals surface area contributed by atoms with Gasteiger partial charge in [-0.3, -0.25) is 14.5 Å². The summed E-state index contributed by atoms with van der Waals surface area (Å²) in [6.07, 6.45) is 5.25. The molecule has 1 aliphatic carbocycles. The zero-order valence-electron chi connectivity index (χ0n) is 20.5. The van der Waals surface area contributed by atoms with Crippen molar-refractivity contribution < 1.29 is 23.5 Å². The minimum absolute atomic E-state index is 0.00442. The minimum Gasteiger partial charge on any atom is -0.444 e. The average Bonchev–Trinajstić information content (AvgIpc) is 3.52. The first kappa shape index (κ1) is 22.7. The molecule has 2 aromatic heterocycles. The molecule has 3 amide bonds. The number of amides is 3. The molecule has 0 atom stereocenters. The molecule has 0 bridgehead atoms. The average molecular weight is 491 g/mol. The van der Waals surface area contributed by atoms with Crippen LogP contribution in [0.5, 0.6) is 0 Å². The van der Waals surface area contributed by atoms with Crippen LogP contribution in [-0.4, -0.2) is 55.8 Å². The maximum atomic E-state index is 16.2. The highest BCUT2D eigenvalue weighted by atomic mass is 19.1. The molecular weight excluding hydrogens is 463 g/mol. The Kier molecular flexibility index (Phi) is 4.81. The molecule has 8 nitrogen and oxygen atoms in total. The molecule has 186 valence electrons. The maximum Gasteiger partial charge on any atom is 0.410 e. The molecule has 1 aromatic carbocycles. The maximum absolute atomic E-state index is 16.2. The number of benzene rings is 1. The lowest BCUT2D eigenvalue weighted by molar-refractivity contribution is -0.0533. The number of ether oxygens (including phenoxy) is 1. The summed E-state index contributed by atoms with van der Waals surface area (Å²) >= 11 is 0. The molecule has 0 spiro atoms. The Morgan fingerprint density at radius 1 is 1.11 bits per heavy atom. The second-order valence-corrected chi connectivity index (χ2v) is 11.0. The third-order valence-electron chi connectivity index (χ3n) is 6.89. The van der Waals surface area contributed by atoms with Crippen LogP contribution in [-0.2, 0) is 17.0 Å². The Morgan fingerprint density at radius 3 is 2.33 bits per heavy atom. The lowest BCUT2D eigenvalue weighted by atomic mass is 9.87. The number of alkyl halides is 1. The Morgan fingerprint density at radius 2 is 1.75 bits per heavy atom. The first-order valence-electron chi connectivity index (χ1n) is 12.2. The monoisotopic (exact) mass is 490 g/mol. The van der Waals surface area contributed by atoms with E-state index in [9.17, 15) is 14.4 Å². The smallest absolute Gasteiger partial charge is 0.410 e. The number of hydrogen-bond acceptors (Lipinski definition) is 5. The SMILES string of the molecule is CC(C)(C)OC(=O)N1CC(F)(c2cc(C3CC3)cn3cc(CN4C(=O)c5ccccc5C4=O)nc23)C1. The van der Waals surface area contributed by atoms with Crippen molar-refractivity contribution in [3.8, 4) is 0 Å². The van der Waals surface area contributed by atoms with Gasteiger partial charge in [-0.25, -0.2) is 14.2 Å². The zero-order valence-corrected chi connectivity index (χ0v) is 20.5. The number of carbonyl (C=O) groups is 3. The fraction of sp³-hybridized carbons (Fsp3) is 0.407. The van der Waals surface area contributed by atoms with Crippen LogP contribution in [0.15, 0.2) is 42.7 Å². The molecule has 2 aliphatic heterocycles. The highest BCUT2D eigenvalue weighted by Crippen LogP contribution is 2.44. The van der Waals surface area contributed by atoms with Gasteiger partial charge in [-0.05, 0) is 63.3 Å². The van der Waals surface area contributed by atoms with Crippen LogP contribution in [0.4, 0.5) is 9.18 Å². The first-order chi connectivity index (χ1) is 17.0. The van der Waals surface area contributed by atoms with E-state index in [1.54, 1.807) is 55.6 Å². The second kappa shape index (κ2) is 7.62. The van der Waals surface area contributed by atoms with E-state index in [-0.39, 0.29) is 31.4 Å². The lowest BCUT2D eigenvalue weighted by Gasteiger charge is -2.44. The fourth-order valence-electron chi connectivity index (χ4n) is 4.95. The summed E-state index contributed by atoms with van der Waals surface area (Å²) in [5.74, 6) is -0.345. The van der Waals surface area contributed by atoms with Crippen LogP contribution in [0.2, 0.25) is 0 Å². The molecule has 9 heteroatoms. The predicted molar refractivity (Wildman–Crippen MR) is 128 cm³/mol. The van der Waals surface area contributed by atoms with Gasteiger partial charge in [0, 0.05) is 18.0 Å². The van der Waals surface area contributed by atoms with E-state index in [1.807, 2.05) is 12.3 Å². The largest absolute Gasteiger partial charge is 0.444 e. The number of imide groups is 1. The van der Waals surface area contributed by atoms with Gasteiger partial charge in [0.25, 0.3) is 11.8 Å². The summed E-state index contributed by atoms with van der Waals surface area (Å²) in [6.45, 7) is 5.08. The summed E-state index contributed by atoms with van der Waals surface area (Å²) in [7, 11) is 0. The third-order valence-corrected chi connectivity index (χ3v) is 6.89. The van der Waals surface area contributed by atoms with Crippen molar-refractivity contribution in [2.75, 3.05) is 13.1 Å². The number of likely N-dealkylation sites (tertiary alicyclic amines) is 1. The fourth-order valence-corrected chi connectivity index (χ4v) is 4.95. The molecule has 0 N–H and O–H groups in total. The van der Waals surface area contributed by atoms with Gasteiger partial charge in [0.1, 0.15) is 11.2 Å². The minimum atomic E-state index is -1.76. The summed E-state index contributed by atoms with van der Waals surface area (Å²) in [5.41, 5.74) is 0.691. The van der Waals surface area contributed by atoms with Gasteiger partial charge in [0.15, 0.2) is 5.67 Å². The van der Waals surface area contributed by atoms with E-state index in [1.165, 1.54) is 9.80 Å². The lowest BCUT2D eigenvalue weighted by Crippen LogP contribution is -2.59. The molecule has 6 rings (SSSR count). The molecule has 0 radical (unpaired) electrons. The summed E-state index contributed by atoms with van der Waals surface area (Å²) in [5, 5.41) is 0. The Labute approximate surface area is 207 Å². The van der Waals surface area contributed by atoms with Crippen molar-refractivity contribution in [1.82, 2.24) is 19.2 Å². The van der Waals surface area contributed by atoms with Crippen molar-refractivity contribution in [2.24, 2.45) is 0 Å². The number of fused-ring (bicyclic) bond motifs is 2. The second-order valence-electron chi connectivity index (χ2n) is 11.0. The van der Waals surface area contributed by atoms with Gasteiger partial charge in [-0.15, -0.1) is 0 Å². The van der Waals surface area contributed by atoms with E-state index >= 15 is 4.39 Å². The van der Waals surface area contributed by atoms with E-state index in [2.05, 4.69) is 4.98 Å². The number of hydrogen-bond donors (Lipinski definition) is 0. The zero-order chi connectivity index (χ0) is 25.4. The van der Waals surface area contributed by atoms with Gasteiger partial charge in [0.2, 0.25) is 0 Å². The van der Waals surface area contributed by atoms with E-state index < -0.39 is 17.4 Å². The summed E-state index contributed by atoms with van der Waals surface area (Å²) < 4.78 is 23.3. The van der Waals surface area contributed by atoms with Gasteiger partial charge in [-0.2, -0.15) is 0 Å². The molecular formula is C27H27FN4O4. The number of halogens is 1. The highest BCUT2D eigenvalue weighted by Gasteiger charge is 2.50. The predicted octanol–water partition coefficient (Wildman–Crippen LogP) is 4.42. The summed E-state index contributed by atoms with van der Waals surface area (Å²) in [6, 6.07) is 8.59. The van der Waals surface area contributed by atoms with Crippen molar-refractivity contribution in [3.05, 3.63) is 70.7 Å². The Hall–Kier alpha value is -3.75. The molecule has 3 aliphatic rings. The van der Waals surface area contributed by atoms with Gasteiger partial charge in [-0.1, -0.05) is 12.1 Å². The normalized spacial score (nSPS) is 19.0. The van der Waals surface area contributed by atoms with Crippen molar-refractivity contribution in [3.63, 3.8) is 0 Å². The van der Waals surface area contributed by atoms with E-state index in [0.29, 0.717) is 33.9 Å². The van der Waals surface area contributed by atoms with Crippen molar-refractivity contribution >= 4 is 23.6 Å². The number of carbonyl (C=O) groups excluding carboxylic acids is 3. The molecule has 3 aromatic rings. The Balaban J connectivity index is 1.30. The molecule has 0 unspecified atom stereocenters. The molecule has 2 fully saturated rings. The van der Waals surface area contributed by atoms with Gasteiger partial charge >= 0.3 is 6.09 Å². The molecule has 1 saturated carbocycles. The Bertz CT molecular complexity index is 1390. The van der Waals surface area contributed by atoms with Crippen LogP contribution < -0.4 is 0 Å². The third kappa shape index (κ3) is 3.73. The molecule has 36 heavy (non-hydrogen) atoms. The van der Waals surface area contributed by atoms with Crippen molar-refractivity contribution in [2.45, 2.75) is 57.3 Å². The van der Waals surface area contributed by atoms with Crippen LogP contribution in [0.1, 0.15) is 77.1 Å². The topological polar surface area (TPSA) is 84.2 Å².